The Kier molecular flexibility index (Phi) is 4.14. The Balaban J connectivity index is 2.34. The minimum Gasteiger partial charge on any atom is -0.462 e. The molecule has 0 aliphatic rings. The molecule has 2 rings (SSSR count). The third kappa shape index (κ3) is 2.79. The van der Waals surface area contributed by atoms with E-state index < -0.39 is 0 Å². The molecule has 0 spiro atoms. The van der Waals surface area contributed by atoms with E-state index in [0.717, 1.165) is 20.7 Å². The minimum atomic E-state index is -0.295. The molecule has 0 bridgehead atoms. The van der Waals surface area contributed by atoms with Gasteiger partial charge < -0.3 is 4.74 Å². The maximum absolute atomic E-state index is 11.7. The number of ether oxygens (including phenoxy) is 1. The highest BCUT2D eigenvalue weighted by atomic mass is 79.9. The van der Waals surface area contributed by atoms with Gasteiger partial charge in [-0.1, -0.05) is 28.1 Å². The second kappa shape index (κ2) is 5.63. The summed E-state index contributed by atoms with van der Waals surface area (Å²) in [6.45, 7) is 4.00. The maximum atomic E-state index is 11.7. The van der Waals surface area contributed by atoms with Gasteiger partial charge in [0.05, 0.1) is 12.3 Å². The second-order valence-electron chi connectivity index (χ2n) is 3.66. The number of rotatable bonds is 3. The first-order valence-corrected chi connectivity index (χ1v) is 7.13. The molecule has 0 fully saturated rings. The Bertz CT molecular complexity index is 563. The molecule has 0 atom stereocenters. The lowest BCUT2D eigenvalue weighted by atomic mass is 10.2. The van der Waals surface area contributed by atoms with Crippen molar-refractivity contribution in [2.24, 2.45) is 0 Å². The van der Waals surface area contributed by atoms with Gasteiger partial charge in [-0.3, -0.25) is 0 Å². The number of carbonyl (C=O) groups is 1. The van der Waals surface area contributed by atoms with Crippen LogP contribution in [0.4, 0.5) is 0 Å². The Morgan fingerprint density at radius 3 is 2.67 bits per heavy atom. The van der Waals surface area contributed by atoms with Gasteiger partial charge in [-0.05, 0) is 26.0 Å². The highest BCUT2D eigenvalue weighted by molar-refractivity contribution is 9.10. The van der Waals surface area contributed by atoms with E-state index in [9.17, 15) is 4.79 Å². The van der Waals surface area contributed by atoms with Crippen molar-refractivity contribution in [3.63, 3.8) is 0 Å². The van der Waals surface area contributed by atoms with E-state index in [-0.39, 0.29) is 5.97 Å². The Morgan fingerprint density at radius 1 is 1.39 bits per heavy atom. The molecule has 0 saturated heterocycles. The van der Waals surface area contributed by atoms with Crippen LogP contribution in [-0.4, -0.2) is 17.6 Å². The van der Waals surface area contributed by atoms with Crippen molar-refractivity contribution in [1.82, 2.24) is 4.98 Å². The number of halogens is 1. The third-order valence-corrected chi connectivity index (χ3v) is 4.06. The highest BCUT2D eigenvalue weighted by Gasteiger charge is 2.16. The first-order chi connectivity index (χ1) is 8.61. The van der Waals surface area contributed by atoms with Gasteiger partial charge in [-0.25, -0.2) is 9.78 Å². The van der Waals surface area contributed by atoms with Crippen LogP contribution in [0.15, 0.2) is 28.7 Å². The van der Waals surface area contributed by atoms with Gasteiger partial charge in [0.15, 0.2) is 0 Å². The fourth-order valence-electron chi connectivity index (χ4n) is 1.50. The zero-order valence-corrected chi connectivity index (χ0v) is 12.5. The number of thiazole rings is 1. The van der Waals surface area contributed by atoms with Gasteiger partial charge in [-0.15, -0.1) is 11.3 Å². The summed E-state index contributed by atoms with van der Waals surface area (Å²) < 4.78 is 6.02. The fourth-order valence-corrected chi connectivity index (χ4v) is 2.73. The zero-order chi connectivity index (χ0) is 13.1. The molecule has 0 saturated carbocycles. The van der Waals surface area contributed by atoms with Crippen LogP contribution in [0, 0.1) is 6.92 Å². The molecule has 0 unspecified atom stereocenters. The van der Waals surface area contributed by atoms with Crippen LogP contribution >= 0.6 is 27.3 Å². The molecule has 0 aliphatic heterocycles. The Hall–Kier alpha value is -1.20. The summed E-state index contributed by atoms with van der Waals surface area (Å²) in [6, 6.07) is 7.85. The maximum Gasteiger partial charge on any atom is 0.350 e. The number of carbonyl (C=O) groups excluding carboxylic acids is 1. The number of nitrogens with zero attached hydrogens (tertiary/aromatic N) is 1. The standard InChI is InChI=1S/C13H12BrNO2S/c1-3-17-13(16)11-8(2)15-12(18-11)9-4-6-10(14)7-5-9/h4-7H,3H2,1-2H3. The van der Waals surface area contributed by atoms with Crippen molar-refractivity contribution in [1.29, 1.82) is 0 Å². The Labute approximate surface area is 118 Å². The molecule has 3 nitrogen and oxygen atoms in total. The normalized spacial score (nSPS) is 10.4. The molecule has 0 N–H and O–H groups in total. The molecular weight excluding hydrogens is 314 g/mol. The van der Waals surface area contributed by atoms with E-state index in [2.05, 4.69) is 20.9 Å². The van der Waals surface area contributed by atoms with Gasteiger partial charge in [-0.2, -0.15) is 0 Å². The SMILES string of the molecule is CCOC(=O)c1sc(-c2ccc(Br)cc2)nc1C. The van der Waals surface area contributed by atoms with Gasteiger partial charge >= 0.3 is 5.97 Å². The molecule has 94 valence electrons. The molecule has 1 heterocycles. The zero-order valence-electron chi connectivity index (χ0n) is 10.1. The molecule has 5 heteroatoms. The fraction of sp³-hybridized carbons (Fsp3) is 0.231. The van der Waals surface area contributed by atoms with Crippen LogP contribution in [-0.2, 0) is 4.74 Å². The molecule has 1 aromatic carbocycles. The summed E-state index contributed by atoms with van der Waals surface area (Å²) in [7, 11) is 0. The average molecular weight is 326 g/mol. The molecule has 2 aromatic rings. The number of hydrogen-bond acceptors (Lipinski definition) is 4. The van der Waals surface area contributed by atoms with Gasteiger partial charge in [0.1, 0.15) is 9.88 Å². The first-order valence-electron chi connectivity index (χ1n) is 5.52. The lowest BCUT2D eigenvalue weighted by Crippen LogP contribution is -2.03. The third-order valence-electron chi connectivity index (χ3n) is 2.35. The van der Waals surface area contributed by atoms with Crippen molar-refractivity contribution in [2.75, 3.05) is 6.61 Å². The quantitative estimate of drug-likeness (QED) is 0.799. The summed E-state index contributed by atoms with van der Waals surface area (Å²) in [4.78, 5) is 16.7. The van der Waals surface area contributed by atoms with Crippen LogP contribution < -0.4 is 0 Å². The van der Waals surface area contributed by atoms with Crippen LogP contribution in [0.25, 0.3) is 10.6 Å². The lowest BCUT2D eigenvalue weighted by molar-refractivity contribution is 0.0531. The largest absolute Gasteiger partial charge is 0.462 e. The minimum absolute atomic E-state index is 0.295. The van der Waals surface area contributed by atoms with Gasteiger partial charge in [0.25, 0.3) is 0 Å². The number of esters is 1. The summed E-state index contributed by atoms with van der Waals surface area (Å²) in [5.41, 5.74) is 1.72. The van der Waals surface area contributed by atoms with Crippen LogP contribution in [0.1, 0.15) is 22.3 Å². The van der Waals surface area contributed by atoms with E-state index in [0.29, 0.717) is 11.5 Å². The van der Waals surface area contributed by atoms with E-state index in [1.54, 1.807) is 6.92 Å². The Morgan fingerprint density at radius 2 is 2.06 bits per heavy atom. The van der Waals surface area contributed by atoms with Gasteiger partial charge in [0.2, 0.25) is 0 Å². The van der Waals surface area contributed by atoms with Gasteiger partial charge in [0, 0.05) is 10.0 Å². The molecule has 0 aliphatic carbocycles. The van der Waals surface area contributed by atoms with Crippen molar-refractivity contribution in [2.45, 2.75) is 13.8 Å². The van der Waals surface area contributed by atoms with E-state index >= 15 is 0 Å². The molecule has 0 amide bonds. The number of aryl methyl sites for hydroxylation is 1. The second-order valence-corrected chi connectivity index (χ2v) is 5.58. The van der Waals surface area contributed by atoms with Crippen LogP contribution in [0.5, 0.6) is 0 Å². The van der Waals surface area contributed by atoms with Crippen molar-refractivity contribution in [3.05, 3.63) is 39.3 Å². The number of benzene rings is 1. The monoisotopic (exact) mass is 325 g/mol. The lowest BCUT2D eigenvalue weighted by Gasteiger charge is -1.97. The van der Waals surface area contributed by atoms with E-state index in [1.807, 2.05) is 31.2 Å². The van der Waals surface area contributed by atoms with Crippen molar-refractivity contribution in [3.8, 4) is 10.6 Å². The topological polar surface area (TPSA) is 39.2 Å². The first kappa shape index (κ1) is 13.2. The predicted octanol–water partition coefficient (Wildman–Crippen LogP) is 4.06. The predicted molar refractivity (Wildman–Crippen MR) is 75.9 cm³/mol. The molecule has 1 aromatic heterocycles. The molecule has 0 radical (unpaired) electrons. The summed E-state index contributed by atoms with van der Waals surface area (Å²) in [5.74, 6) is -0.295. The highest BCUT2D eigenvalue weighted by Crippen LogP contribution is 2.29. The van der Waals surface area contributed by atoms with E-state index in [1.165, 1.54) is 11.3 Å². The van der Waals surface area contributed by atoms with Crippen molar-refractivity contribution >= 4 is 33.2 Å². The summed E-state index contributed by atoms with van der Waals surface area (Å²) in [5, 5.41) is 0.836. The van der Waals surface area contributed by atoms with Crippen LogP contribution in [0.2, 0.25) is 0 Å². The average Bonchev–Trinajstić information content (AvgIpc) is 2.72. The summed E-state index contributed by atoms with van der Waals surface area (Å²) >= 11 is 4.76. The number of hydrogen-bond donors (Lipinski definition) is 0. The molecular formula is C13H12BrNO2S. The smallest absolute Gasteiger partial charge is 0.350 e. The van der Waals surface area contributed by atoms with Crippen molar-refractivity contribution < 1.29 is 9.53 Å². The van der Waals surface area contributed by atoms with E-state index in [4.69, 9.17) is 4.74 Å². The molecule has 18 heavy (non-hydrogen) atoms. The summed E-state index contributed by atoms with van der Waals surface area (Å²) in [6.07, 6.45) is 0. The number of aromatic nitrogens is 1. The van der Waals surface area contributed by atoms with Crippen LogP contribution in [0.3, 0.4) is 0 Å².